The van der Waals surface area contributed by atoms with Gasteiger partial charge in [0.05, 0.1) is 10.3 Å². The molecule has 174 valence electrons. The summed E-state index contributed by atoms with van der Waals surface area (Å²) < 4.78 is 7.81. The summed E-state index contributed by atoms with van der Waals surface area (Å²) in [5.41, 5.74) is 3.87. The maximum absolute atomic E-state index is 12.9. The van der Waals surface area contributed by atoms with Crippen LogP contribution in [0.5, 0.6) is 5.75 Å². The van der Waals surface area contributed by atoms with Gasteiger partial charge in [-0.2, -0.15) is 0 Å². The van der Waals surface area contributed by atoms with E-state index in [-0.39, 0.29) is 12.5 Å². The Hall–Kier alpha value is -3.29. The quantitative estimate of drug-likeness (QED) is 0.295. The molecule has 3 aromatic carbocycles. The molecule has 4 aromatic rings. The molecule has 8 heteroatoms. The number of carbonyl (C=O) groups is 1. The van der Waals surface area contributed by atoms with Crippen molar-refractivity contribution in [3.05, 3.63) is 94.8 Å². The van der Waals surface area contributed by atoms with E-state index in [1.165, 1.54) is 11.8 Å². The first-order valence-corrected chi connectivity index (χ1v) is 12.1. The summed E-state index contributed by atoms with van der Waals surface area (Å²) in [5, 5.41) is 12.5. The van der Waals surface area contributed by atoms with Gasteiger partial charge in [0, 0.05) is 11.4 Å². The standard InChI is InChI=1S/C26H25ClN4O2S/c1-17-13-14-22(18(2)15-17)28-25(32)19(3)34-26-30-29-24(31(26)20-9-5-4-6-10-20)16-33-23-12-8-7-11-21(23)27/h4-15,19H,16H2,1-3H3,(H,28,32). The van der Waals surface area contributed by atoms with E-state index in [0.717, 1.165) is 22.5 Å². The summed E-state index contributed by atoms with van der Waals surface area (Å²) in [6, 6.07) is 23.0. The van der Waals surface area contributed by atoms with Gasteiger partial charge in [0.1, 0.15) is 12.4 Å². The number of benzene rings is 3. The van der Waals surface area contributed by atoms with E-state index in [1.54, 1.807) is 12.1 Å². The van der Waals surface area contributed by atoms with Crippen LogP contribution in [-0.4, -0.2) is 25.9 Å². The van der Waals surface area contributed by atoms with Crippen LogP contribution >= 0.6 is 23.4 Å². The lowest BCUT2D eigenvalue weighted by atomic mass is 10.1. The van der Waals surface area contributed by atoms with Crippen LogP contribution in [0.15, 0.2) is 78.0 Å². The van der Waals surface area contributed by atoms with E-state index in [1.807, 2.05) is 86.0 Å². The third kappa shape index (κ3) is 5.61. The molecule has 0 bridgehead atoms. The highest BCUT2D eigenvalue weighted by Crippen LogP contribution is 2.29. The van der Waals surface area contributed by atoms with Crippen LogP contribution in [0.2, 0.25) is 5.02 Å². The normalized spacial score (nSPS) is 11.8. The van der Waals surface area contributed by atoms with Crippen molar-refractivity contribution in [3.63, 3.8) is 0 Å². The molecule has 0 aliphatic rings. The van der Waals surface area contributed by atoms with Crippen LogP contribution in [0.1, 0.15) is 23.9 Å². The summed E-state index contributed by atoms with van der Waals surface area (Å²) in [4.78, 5) is 12.9. The van der Waals surface area contributed by atoms with Gasteiger partial charge in [-0.1, -0.05) is 71.4 Å². The fourth-order valence-electron chi connectivity index (χ4n) is 3.41. The molecule has 0 aliphatic carbocycles. The van der Waals surface area contributed by atoms with E-state index in [2.05, 4.69) is 15.5 Å². The fraction of sp³-hybridized carbons (Fsp3) is 0.192. The summed E-state index contributed by atoms with van der Waals surface area (Å²) in [7, 11) is 0. The first-order chi connectivity index (χ1) is 16.4. The van der Waals surface area contributed by atoms with Crippen molar-refractivity contribution < 1.29 is 9.53 Å². The van der Waals surface area contributed by atoms with E-state index in [4.69, 9.17) is 16.3 Å². The number of carbonyl (C=O) groups excluding carboxylic acids is 1. The lowest BCUT2D eigenvalue weighted by molar-refractivity contribution is -0.115. The molecule has 0 saturated heterocycles. The average molecular weight is 493 g/mol. The van der Waals surface area contributed by atoms with Crippen LogP contribution in [0.25, 0.3) is 5.69 Å². The molecule has 1 aromatic heterocycles. The van der Waals surface area contributed by atoms with Crippen molar-refractivity contribution in [1.82, 2.24) is 14.8 Å². The molecule has 0 spiro atoms. The Morgan fingerprint density at radius 1 is 1.06 bits per heavy atom. The number of amides is 1. The molecular weight excluding hydrogens is 468 g/mol. The van der Waals surface area contributed by atoms with Crippen molar-refractivity contribution in [2.24, 2.45) is 0 Å². The molecule has 34 heavy (non-hydrogen) atoms. The minimum atomic E-state index is -0.398. The maximum Gasteiger partial charge on any atom is 0.237 e. The highest BCUT2D eigenvalue weighted by atomic mass is 35.5. The number of para-hydroxylation sites is 2. The SMILES string of the molecule is Cc1ccc(NC(=O)C(C)Sc2nnc(COc3ccccc3Cl)n2-c2ccccc2)c(C)c1. The van der Waals surface area contributed by atoms with Crippen LogP contribution in [0.3, 0.4) is 0 Å². The minimum Gasteiger partial charge on any atom is -0.484 e. The number of rotatable bonds is 8. The van der Waals surface area contributed by atoms with Crippen LogP contribution in [0.4, 0.5) is 5.69 Å². The van der Waals surface area contributed by atoms with Crippen LogP contribution in [0, 0.1) is 13.8 Å². The first kappa shape index (κ1) is 23.9. The number of ether oxygens (including phenoxy) is 1. The van der Waals surface area contributed by atoms with Crippen LogP contribution < -0.4 is 10.1 Å². The van der Waals surface area contributed by atoms with Gasteiger partial charge in [-0.25, -0.2) is 0 Å². The third-order valence-corrected chi connectivity index (χ3v) is 6.55. The molecule has 0 radical (unpaired) electrons. The zero-order valence-corrected chi connectivity index (χ0v) is 20.7. The van der Waals surface area contributed by atoms with Gasteiger partial charge in [-0.3, -0.25) is 9.36 Å². The lowest BCUT2D eigenvalue weighted by Gasteiger charge is -2.15. The second-order valence-electron chi connectivity index (χ2n) is 7.86. The lowest BCUT2D eigenvalue weighted by Crippen LogP contribution is -2.23. The Balaban J connectivity index is 1.55. The summed E-state index contributed by atoms with van der Waals surface area (Å²) in [5.74, 6) is 1.08. The van der Waals surface area contributed by atoms with Gasteiger partial charge >= 0.3 is 0 Å². The molecule has 1 amide bonds. The molecule has 0 fully saturated rings. The van der Waals surface area contributed by atoms with Gasteiger partial charge in [-0.05, 0) is 56.7 Å². The van der Waals surface area contributed by atoms with Gasteiger partial charge in [0.15, 0.2) is 11.0 Å². The predicted molar refractivity (Wildman–Crippen MR) is 137 cm³/mol. The molecule has 1 atom stereocenters. The first-order valence-electron chi connectivity index (χ1n) is 10.8. The number of halogens is 1. The Morgan fingerprint density at radius 2 is 1.79 bits per heavy atom. The Kier molecular flexibility index (Phi) is 7.55. The summed E-state index contributed by atoms with van der Waals surface area (Å²) in [6.07, 6.45) is 0. The molecule has 0 saturated carbocycles. The Bertz CT molecular complexity index is 1290. The predicted octanol–water partition coefficient (Wildman–Crippen LogP) is 6.24. The largest absolute Gasteiger partial charge is 0.484 e. The highest BCUT2D eigenvalue weighted by Gasteiger charge is 2.22. The molecule has 1 heterocycles. The van der Waals surface area contributed by atoms with Crippen molar-refractivity contribution in [1.29, 1.82) is 0 Å². The van der Waals surface area contributed by atoms with Crippen molar-refractivity contribution in [2.75, 3.05) is 5.32 Å². The van der Waals surface area contributed by atoms with Gasteiger partial charge in [0.2, 0.25) is 5.91 Å². The van der Waals surface area contributed by atoms with Gasteiger partial charge in [-0.15, -0.1) is 10.2 Å². The number of hydrogen-bond acceptors (Lipinski definition) is 5. The fourth-order valence-corrected chi connectivity index (χ4v) is 4.49. The number of nitrogens with one attached hydrogen (secondary N) is 1. The average Bonchev–Trinajstić information content (AvgIpc) is 3.23. The molecule has 0 aliphatic heterocycles. The number of hydrogen-bond donors (Lipinski definition) is 1. The summed E-state index contributed by atoms with van der Waals surface area (Å²) in [6.45, 7) is 6.04. The minimum absolute atomic E-state index is 0.103. The third-order valence-electron chi connectivity index (χ3n) is 5.20. The molecule has 1 unspecified atom stereocenters. The number of aromatic nitrogens is 3. The smallest absolute Gasteiger partial charge is 0.237 e. The molecule has 1 N–H and O–H groups in total. The van der Waals surface area contributed by atoms with Gasteiger partial charge < -0.3 is 10.1 Å². The number of thioether (sulfide) groups is 1. The topological polar surface area (TPSA) is 69.0 Å². The second-order valence-corrected chi connectivity index (χ2v) is 9.57. The van der Waals surface area contributed by atoms with Gasteiger partial charge in [0.25, 0.3) is 0 Å². The van der Waals surface area contributed by atoms with E-state index < -0.39 is 5.25 Å². The van der Waals surface area contributed by atoms with E-state index >= 15 is 0 Å². The number of nitrogens with zero attached hydrogens (tertiary/aromatic N) is 3. The number of anilines is 1. The van der Waals surface area contributed by atoms with Crippen molar-refractivity contribution in [3.8, 4) is 11.4 Å². The highest BCUT2D eigenvalue weighted by molar-refractivity contribution is 8.00. The van der Waals surface area contributed by atoms with Crippen LogP contribution in [-0.2, 0) is 11.4 Å². The second kappa shape index (κ2) is 10.8. The van der Waals surface area contributed by atoms with Crippen molar-refractivity contribution in [2.45, 2.75) is 37.8 Å². The summed E-state index contributed by atoms with van der Waals surface area (Å²) >= 11 is 7.57. The van der Waals surface area contributed by atoms with E-state index in [9.17, 15) is 4.79 Å². The Morgan fingerprint density at radius 3 is 2.53 bits per heavy atom. The molecule has 6 nitrogen and oxygen atoms in total. The zero-order valence-electron chi connectivity index (χ0n) is 19.2. The monoisotopic (exact) mass is 492 g/mol. The maximum atomic E-state index is 12.9. The number of aryl methyl sites for hydroxylation is 2. The Labute approximate surface area is 208 Å². The van der Waals surface area contributed by atoms with E-state index in [0.29, 0.717) is 21.8 Å². The van der Waals surface area contributed by atoms with Crippen molar-refractivity contribution >= 4 is 35.0 Å². The zero-order chi connectivity index (χ0) is 24.1. The molecule has 4 rings (SSSR count). The molecular formula is C26H25ClN4O2S.